The summed E-state index contributed by atoms with van der Waals surface area (Å²) in [4.78, 5) is 128. The topological polar surface area (TPSA) is 347 Å². The summed E-state index contributed by atoms with van der Waals surface area (Å²) in [6.45, 7) is 10.3. The van der Waals surface area contributed by atoms with E-state index < -0.39 is 145 Å². The third kappa shape index (κ3) is 41.4. The van der Waals surface area contributed by atoms with Crippen molar-refractivity contribution in [2.45, 2.75) is 391 Å². The summed E-state index contributed by atoms with van der Waals surface area (Å²) in [6.07, 6.45) is 18.2. The van der Waals surface area contributed by atoms with Crippen molar-refractivity contribution >= 4 is 51.3 Å². The molecule has 7 atom stereocenters. The summed E-state index contributed by atoms with van der Waals surface area (Å²) in [6, 6.07) is 0. The molecule has 1 rings (SSSR count). The Balaban J connectivity index is 4.39. The number of esters is 4. The molecule has 0 radical (unpaired) electrons. The second-order valence-electron chi connectivity index (χ2n) is 26.1. The first-order valence-corrected chi connectivity index (χ1v) is 39.8. The molecule has 1 aliphatic rings. The number of amides is 2. The van der Waals surface area contributed by atoms with Crippen LogP contribution in [0.3, 0.4) is 0 Å². The van der Waals surface area contributed by atoms with E-state index in [1.165, 1.54) is 0 Å². The number of carbonyl (C=O) groups excluding carboxylic acids is 6. The third-order valence-electron chi connectivity index (χ3n) is 17.4. The standard InChI is InChI=1S/C69H130N2O21P2/c1-7-13-19-22-25-28-31-34-40-44-56(87-62(75)47-37-16-10-4)52-60(73)70-69(71-61(74)53-57(88-63(76)48-38-17-11-5)45-41-35-32-29-26-23-20-14-8-2)67(79)90-59(55-72)66(92-94(83,84)85)68(69,50-43-51-86-93(80,81)82)91-65(78)54-58(89-64(77)49-39-18-12-6)46-42-36-33-30-27-24-21-15-9-3/h56-59,66-67,72,79H,7-55H2,1-6H3,(H,70,73)(H,71,74)(H2,80,81,82)(H2,83,84,85)/t56-,57-,58-,59-,66-,67-,68+/m1/s1. The summed E-state index contributed by atoms with van der Waals surface area (Å²) in [7, 11) is -11.2. The quantitative estimate of drug-likeness (QED) is 0.00922. The van der Waals surface area contributed by atoms with Crippen molar-refractivity contribution in [1.29, 1.82) is 0 Å². The first kappa shape index (κ1) is 88.9. The fourth-order valence-electron chi connectivity index (χ4n) is 12.3. The molecule has 25 heteroatoms. The Morgan fingerprint density at radius 3 is 1.07 bits per heavy atom. The Kier molecular flexibility index (Phi) is 50.9. The number of ether oxygens (including phenoxy) is 5. The van der Waals surface area contributed by atoms with Gasteiger partial charge in [-0.25, -0.2) is 9.13 Å². The van der Waals surface area contributed by atoms with Gasteiger partial charge in [0.1, 0.15) is 30.5 Å². The lowest BCUT2D eigenvalue weighted by molar-refractivity contribution is -0.326. The van der Waals surface area contributed by atoms with Crippen molar-refractivity contribution in [2.24, 2.45) is 0 Å². The van der Waals surface area contributed by atoms with Crippen LogP contribution in [0.25, 0.3) is 0 Å². The zero-order valence-corrected chi connectivity index (χ0v) is 60.6. The first-order chi connectivity index (χ1) is 45.0. The molecule has 0 saturated carbocycles. The molecule has 8 N–H and O–H groups in total. The number of phosphoric ester groups is 2. The zero-order chi connectivity index (χ0) is 69.9. The Labute approximate surface area is 564 Å². The van der Waals surface area contributed by atoms with Crippen LogP contribution in [0.4, 0.5) is 0 Å². The molecule has 1 heterocycles. The molecule has 0 aromatic carbocycles. The van der Waals surface area contributed by atoms with Crippen LogP contribution >= 0.6 is 15.6 Å². The molecule has 0 spiro atoms. The fraction of sp³-hybridized carbons (Fsp3) is 0.913. The van der Waals surface area contributed by atoms with Gasteiger partial charge < -0.3 is 64.1 Å². The molecule has 2 amide bonds. The Morgan fingerprint density at radius 2 is 0.755 bits per heavy atom. The van der Waals surface area contributed by atoms with E-state index in [4.69, 9.17) is 32.7 Å². The van der Waals surface area contributed by atoms with E-state index in [9.17, 15) is 53.3 Å². The van der Waals surface area contributed by atoms with E-state index in [-0.39, 0.29) is 38.5 Å². The molecule has 0 unspecified atom stereocenters. The van der Waals surface area contributed by atoms with Gasteiger partial charge in [0.15, 0.2) is 5.60 Å². The van der Waals surface area contributed by atoms with Gasteiger partial charge in [-0.2, -0.15) is 0 Å². The largest absolute Gasteiger partial charge is 0.470 e. The number of hydrogen-bond donors (Lipinski definition) is 8. The van der Waals surface area contributed by atoms with Crippen molar-refractivity contribution in [3.8, 4) is 0 Å². The number of unbranched alkanes of at least 4 members (excludes halogenated alkanes) is 30. The van der Waals surface area contributed by atoms with Gasteiger partial charge in [0.05, 0.1) is 32.5 Å². The summed E-state index contributed by atoms with van der Waals surface area (Å²) in [5, 5.41) is 29.1. The Hall–Kier alpha value is -3.08. The second kappa shape index (κ2) is 53.8. The average Bonchev–Trinajstić information content (AvgIpc) is 0.710. The van der Waals surface area contributed by atoms with Gasteiger partial charge in [-0.1, -0.05) is 234 Å². The van der Waals surface area contributed by atoms with Crippen LogP contribution in [0.2, 0.25) is 0 Å². The number of rotatable bonds is 62. The lowest BCUT2D eigenvalue weighted by Crippen LogP contribution is -2.86. The van der Waals surface area contributed by atoms with Gasteiger partial charge in [0.25, 0.3) is 0 Å². The van der Waals surface area contributed by atoms with Gasteiger partial charge in [0, 0.05) is 19.3 Å². The van der Waals surface area contributed by atoms with Crippen LogP contribution in [-0.4, -0.2) is 127 Å². The van der Waals surface area contributed by atoms with Crippen LogP contribution < -0.4 is 10.6 Å². The number of aliphatic hydroxyl groups is 2. The van der Waals surface area contributed by atoms with Gasteiger partial charge >= 0.3 is 39.5 Å². The van der Waals surface area contributed by atoms with Gasteiger partial charge in [-0.05, 0) is 70.6 Å². The van der Waals surface area contributed by atoms with Crippen LogP contribution in [0.1, 0.15) is 343 Å². The van der Waals surface area contributed by atoms with Gasteiger partial charge in [-0.3, -0.25) is 37.8 Å². The lowest BCUT2D eigenvalue weighted by atomic mass is 9.73. The molecule has 1 saturated heterocycles. The van der Waals surface area contributed by atoms with E-state index in [0.717, 1.165) is 180 Å². The average molecular weight is 1390 g/mol. The highest BCUT2D eigenvalue weighted by atomic mass is 31.2. The smallest absolute Gasteiger partial charge is 0.462 e. The lowest BCUT2D eigenvalue weighted by Gasteiger charge is -2.59. The van der Waals surface area contributed by atoms with Crippen LogP contribution in [0.5, 0.6) is 0 Å². The summed E-state index contributed by atoms with van der Waals surface area (Å²) >= 11 is 0. The van der Waals surface area contributed by atoms with Crippen molar-refractivity contribution in [3.05, 3.63) is 0 Å². The van der Waals surface area contributed by atoms with Crippen molar-refractivity contribution in [3.63, 3.8) is 0 Å². The third-order valence-corrected chi connectivity index (χ3v) is 18.5. The van der Waals surface area contributed by atoms with Crippen LogP contribution in [-0.2, 0) is 70.6 Å². The minimum absolute atomic E-state index is 0.0179. The molecule has 552 valence electrons. The number of phosphoric acid groups is 2. The van der Waals surface area contributed by atoms with E-state index >= 15 is 14.4 Å². The van der Waals surface area contributed by atoms with E-state index in [2.05, 4.69) is 31.4 Å². The predicted molar refractivity (Wildman–Crippen MR) is 361 cm³/mol. The maximum atomic E-state index is 15.3. The van der Waals surface area contributed by atoms with Crippen LogP contribution in [0, 0.1) is 0 Å². The molecule has 1 fully saturated rings. The molecule has 94 heavy (non-hydrogen) atoms. The molecule has 0 aromatic heterocycles. The molecule has 1 aliphatic heterocycles. The van der Waals surface area contributed by atoms with Crippen LogP contribution in [0.15, 0.2) is 0 Å². The van der Waals surface area contributed by atoms with Gasteiger partial charge in [-0.15, -0.1) is 0 Å². The van der Waals surface area contributed by atoms with E-state index in [0.29, 0.717) is 51.4 Å². The number of aliphatic hydroxyl groups excluding tert-OH is 2. The monoisotopic (exact) mass is 1380 g/mol. The predicted octanol–water partition coefficient (Wildman–Crippen LogP) is 14.7. The highest BCUT2D eigenvalue weighted by molar-refractivity contribution is 7.46. The zero-order valence-electron chi connectivity index (χ0n) is 58.8. The molecular weight excluding hydrogens is 1250 g/mol. The number of nitrogens with one attached hydrogen (secondary N) is 2. The molecule has 23 nitrogen and oxygen atoms in total. The summed E-state index contributed by atoms with van der Waals surface area (Å²) < 4.78 is 66.4. The highest BCUT2D eigenvalue weighted by Crippen LogP contribution is 2.51. The maximum absolute atomic E-state index is 15.3. The molecule has 0 aliphatic carbocycles. The Morgan fingerprint density at radius 1 is 0.436 bits per heavy atom. The summed E-state index contributed by atoms with van der Waals surface area (Å²) in [5.74, 6) is -5.27. The van der Waals surface area contributed by atoms with Crippen molar-refractivity contribution in [1.82, 2.24) is 10.6 Å². The maximum Gasteiger partial charge on any atom is 0.470 e. The fourth-order valence-corrected chi connectivity index (χ4v) is 13.2. The Bertz CT molecular complexity index is 2050. The minimum Gasteiger partial charge on any atom is -0.462 e. The number of hydrogen-bond acceptors (Lipinski definition) is 17. The van der Waals surface area contributed by atoms with Gasteiger partial charge in [0.2, 0.25) is 23.8 Å². The van der Waals surface area contributed by atoms with Crippen molar-refractivity contribution in [2.75, 3.05) is 13.2 Å². The first-order valence-electron chi connectivity index (χ1n) is 36.8. The highest BCUT2D eigenvalue weighted by Gasteiger charge is 2.71. The van der Waals surface area contributed by atoms with Crippen molar-refractivity contribution < 1.29 is 100 Å². The van der Waals surface area contributed by atoms with E-state index in [1.807, 2.05) is 20.8 Å². The molecular formula is C69H130N2O21P2. The normalized spacial score (nSPS) is 18.2. The SMILES string of the molecule is CCCCCCCCCCC[C@H](CC(=O)NC1(NC(=O)C[C@@H](CCCCCCCCCCC)OC(=O)CCCCC)[C@H](O)O[C@H](CO)[C@@H](OP(=O)(O)O)[C@]1(CCCOP(=O)(O)O)OC(=O)C[C@@H](CCCCCCCCCCC)OC(=O)CCCCC)OC(=O)CCCCC. The molecule has 0 aromatic rings. The summed E-state index contributed by atoms with van der Waals surface area (Å²) in [5.41, 5.74) is -6.27. The number of carbonyl (C=O) groups is 6. The van der Waals surface area contributed by atoms with E-state index in [1.54, 1.807) is 0 Å². The minimum atomic E-state index is -5.90. The molecule has 0 bridgehead atoms. The second-order valence-corrected chi connectivity index (χ2v) is 28.5.